The number of hydrogen-bond acceptors (Lipinski definition) is 9. The van der Waals surface area contributed by atoms with Gasteiger partial charge in [-0.1, -0.05) is 116 Å². The van der Waals surface area contributed by atoms with Crippen LogP contribution in [0.4, 0.5) is 0 Å². The molecule has 6 unspecified atom stereocenters. The van der Waals surface area contributed by atoms with Crippen molar-refractivity contribution in [1.29, 1.82) is 0 Å². The van der Waals surface area contributed by atoms with Gasteiger partial charge in [0.05, 0.1) is 19.8 Å². The van der Waals surface area contributed by atoms with E-state index in [1.165, 1.54) is 96.3 Å². The van der Waals surface area contributed by atoms with Gasteiger partial charge >= 0.3 is 5.97 Å². The molecule has 6 atom stereocenters. The van der Waals surface area contributed by atoms with E-state index in [2.05, 4.69) is 26.0 Å². The number of unbranched alkanes of at least 4 members (excludes halogenated alkanes) is 17. The van der Waals surface area contributed by atoms with Crippen LogP contribution in [-0.4, -0.2) is 89.6 Å². The molecule has 266 valence electrons. The molecule has 1 rings (SSSR count). The number of aliphatic hydroxyl groups excluding tert-OH is 4. The molecule has 4 N–H and O–H groups in total. The van der Waals surface area contributed by atoms with Crippen LogP contribution in [0.15, 0.2) is 12.2 Å². The summed E-state index contributed by atoms with van der Waals surface area (Å²) in [6.45, 7) is 4.47. The second kappa shape index (κ2) is 29.1. The normalized spacial score (nSPS) is 22.7. The molecule has 1 heterocycles. The summed E-state index contributed by atoms with van der Waals surface area (Å²) in [6, 6.07) is 0. The van der Waals surface area contributed by atoms with E-state index in [0.717, 1.165) is 32.1 Å². The van der Waals surface area contributed by atoms with Gasteiger partial charge in [-0.05, 0) is 38.5 Å². The molecule has 1 aliphatic rings. The molecule has 0 aliphatic carbocycles. The first kappa shape index (κ1) is 42.0. The Labute approximate surface area is 274 Å². The van der Waals surface area contributed by atoms with Crippen LogP contribution >= 0.6 is 0 Å². The van der Waals surface area contributed by atoms with Crippen molar-refractivity contribution in [2.24, 2.45) is 0 Å². The van der Waals surface area contributed by atoms with E-state index in [9.17, 15) is 25.2 Å². The first-order valence-electron chi connectivity index (χ1n) is 18.3. The Balaban J connectivity index is 2.28. The highest BCUT2D eigenvalue weighted by Crippen LogP contribution is 2.22. The molecule has 1 fully saturated rings. The van der Waals surface area contributed by atoms with E-state index in [-0.39, 0.29) is 19.2 Å². The molecule has 45 heavy (non-hydrogen) atoms. The van der Waals surface area contributed by atoms with Crippen molar-refractivity contribution in [2.45, 2.75) is 185 Å². The maximum Gasteiger partial charge on any atom is 0.306 e. The van der Waals surface area contributed by atoms with Gasteiger partial charge in [-0.3, -0.25) is 4.79 Å². The van der Waals surface area contributed by atoms with E-state index in [0.29, 0.717) is 13.0 Å². The van der Waals surface area contributed by atoms with Crippen molar-refractivity contribution in [3.05, 3.63) is 12.2 Å². The van der Waals surface area contributed by atoms with Gasteiger partial charge in [0.1, 0.15) is 30.5 Å². The predicted molar refractivity (Wildman–Crippen MR) is 178 cm³/mol. The molecule has 0 aromatic carbocycles. The lowest BCUT2D eigenvalue weighted by atomic mass is 9.99. The van der Waals surface area contributed by atoms with E-state index < -0.39 is 43.4 Å². The van der Waals surface area contributed by atoms with Gasteiger partial charge in [-0.15, -0.1) is 0 Å². The maximum absolute atomic E-state index is 12.5. The Morgan fingerprint density at radius 2 is 1.22 bits per heavy atom. The summed E-state index contributed by atoms with van der Waals surface area (Å²) < 4.78 is 22.6. The fourth-order valence-electron chi connectivity index (χ4n) is 5.48. The Bertz CT molecular complexity index is 702. The van der Waals surface area contributed by atoms with Gasteiger partial charge in [-0.2, -0.15) is 0 Å². The minimum absolute atomic E-state index is 0.113. The highest BCUT2D eigenvalue weighted by molar-refractivity contribution is 5.69. The lowest BCUT2D eigenvalue weighted by Crippen LogP contribution is -2.59. The number of allylic oxidation sites excluding steroid dienone is 2. The topological polar surface area (TPSA) is 135 Å². The van der Waals surface area contributed by atoms with Gasteiger partial charge < -0.3 is 39.4 Å². The molecule has 9 heteroatoms. The van der Waals surface area contributed by atoms with Crippen molar-refractivity contribution >= 4 is 5.97 Å². The molecule has 0 saturated carbocycles. The highest BCUT2D eigenvalue weighted by Gasteiger charge is 2.44. The number of carbonyl (C=O) groups excluding carboxylic acids is 1. The molecule has 0 amide bonds. The third-order valence-corrected chi connectivity index (χ3v) is 8.43. The molecular weight excluding hydrogens is 576 g/mol. The zero-order valence-corrected chi connectivity index (χ0v) is 28.6. The third-order valence-electron chi connectivity index (χ3n) is 8.43. The van der Waals surface area contributed by atoms with Crippen molar-refractivity contribution in [3.63, 3.8) is 0 Å². The van der Waals surface area contributed by atoms with Crippen LogP contribution in [0.3, 0.4) is 0 Å². The average molecular weight is 645 g/mol. The molecule has 0 aromatic rings. The number of carbonyl (C=O) groups is 1. The maximum atomic E-state index is 12.5. The summed E-state index contributed by atoms with van der Waals surface area (Å²) in [5, 5.41) is 39.7. The number of ether oxygens (including phenoxy) is 4. The zero-order valence-electron chi connectivity index (χ0n) is 28.6. The molecule has 1 aliphatic heterocycles. The van der Waals surface area contributed by atoms with Crippen LogP contribution in [0.5, 0.6) is 0 Å². The van der Waals surface area contributed by atoms with Crippen molar-refractivity contribution in [1.82, 2.24) is 0 Å². The van der Waals surface area contributed by atoms with E-state index >= 15 is 0 Å². The highest BCUT2D eigenvalue weighted by atomic mass is 16.7. The summed E-state index contributed by atoms with van der Waals surface area (Å²) in [5.41, 5.74) is 0. The van der Waals surface area contributed by atoms with Crippen LogP contribution in [0.25, 0.3) is 0 Å². The van der Waals surface area contributed by atoms with Crippen LogP contribution in [0.2, 0.25) is 0 Å². The summed E-state index contributed by atoms with van der Waals surface area (Å²) in [4.78, 5) is 12.5. The van der Waals surface area contributed by atoms with E-state index in [4.69, 9.17) is 18.9 Å². The molecule has 0 spiro atoms. The van der Waals surface area contributed by atoms with Gasteiger partial charge in [0, 0.05) is 13.0 Å². The van der Waals surface area contributed by atoms with Gasteiger partial charge in [0.2, 0.25) is 0 Å². The van der Waals surface area contributed by atoms with Crippen molar-refractivity contribution in [3.8, 4) is 0 Å². The molecule has 1 saturated heterocycles. The fourth-order valence-corrected chi connectivity index (χ4v) is 5.48. The zero-order chi connectivity index (χ0) is 33.0. The predicted octanol–water partition coefficient (Wildman–Crippen LogP) is 6.52. The molecule has 0 aromatic heterocycles. The Morgan fingerprint density at radius 1 is 0.689 bits per heavy atom. The summed E-state index contributed by atoms with van der Waals surface area (Å²) >= 11 is 0. The molecular formula is C36H68O9. The standard InChI is InChI=1S/C36H68O9/c1-3-5-7-9-11-12-13-14-15-16-17-18-19-20-22-24-26-42-28-30(44-32(38)25-23-21-10-8-6-4-2)29-43-36-35(41)34(40)33(39)31(27-37)45-36/h14-15,30-31,33-37,39-41H,3-13,16-29H2,1-2H3/b15-14-. The summed E-state index contributed by atoms with van der Waals surface area (Å²) in [5.74, 6) is -0.325. The number of hydrogen-bond donors (Lipinski definition) is 4. The fraction of sp³-hybridized carbons (Fsp3) is 0.917. The molecule has 0 radical (unpaired) electrons. The molecule has 0 bridgehead atoms. The van der Waals surface area contributed by atoms with Crippen molar-refractivity contribution < 1.29 is 44.2 Å². The Morgan fingerprint density at radius 3 is 1.80 bits per heavy atom. The minimum atomic E-state index is -1.53. The lowest BCUT2D eigenvalue weighted by molar-refractivity contribution is -0.305. The average Bonchev–Trinajstić information content (AvgIpc) is 3.04. The largest absolute Gasteiger partial charge is 0.457 e. The summed E-state index contributed by atoms with van der Waals surface area (Å²) in [6.07, 6.45) is 21.2. The van der Waals surface area contributed by atoms with Crippen LogP contribution in [-0.2, 0) is 23.7 Å². The van der Waals surface area contributed by atoms with Gasteiger partial charge in [0.25, 0.3) is 0 Å². The quantitative estimate of drug-likeness (QED) is 0.0392. The molecule has 9 nitrogen and oxygen atoms in total. The van der Waals surface area contributed by atoms with Crippen LogP contribution in [0.1, 0.15) is 149 Å². The second-order valence-electron chi connectivity index (χ2n) is 12.7. The van der Waals surface area contributed by atoms with Crippen LogP contribution < -0.4 is 0 Å². The number of rotatable bonds is 30. The van der Waals surface area contributed by atoms with Gasteiger partial charge in [-0.25, -0.2) is 0 Å². The van der Waals surface area contributed by atoms with E-state index in [1.54, 1.807) is 0 Å². The first-order chi connectivity index (χ1) is 21.9. The SMILES string of the molecule is CCCCCCCC/C=C\CCCCCCCCOCC(COC1OC(CO)C(O)C(O)C1O)OC(=O)CCCCCCCC. The van der Waals surface area contributed by atoms with E-state index in [1.807, 2.05) is 0 Å². The lowest BCUT2D eigenvalue weighted by Gasteiger charge is -2.39. The van der Waals surface area contributed by atoms with Gasteiger partial charge in [0.15, 0.2) is 6.29 Å². The second-order valence-corrected chi connectivity index (χ2v) is 12.7. The summed E-state index contributed by atoms with van der Waals surface area (Å²) in [7, 11) is 0. The number of esters is 1. The minimum Gasteiger partial charge on any atom is -0.457 e. The van der Waals surface area contributed by atoms with Crippen molar-refractivity contribution in [2.75, 3.05) is 26.4 Å². The Kier molecular flexibility index (Phi) is 27.1. The first-order valence-corrected chi connectivity index (χ1v) is 18.3. The third kappa shape index (κ3) is 21.4. The smallest absolute Gasteiger partial charge is 0.306 e. The number of aliphatic hydroxyl groups is 4. The monoisotopic (exact) mass is 644 g/mol. The van der Waals surface area contributed by atoms with Crippen LogP contribution in [0, 0.1) is 0 Å². The Hall–Kier alpha value is -1.07.